The maximum absolute atomic E-state index is 2.00. The second kappa shape index (κ2) is 5.60. The average Bonchev–Trinajstić information content (AvgIpc) is 1.27. The standard InChI is InChI=1S/C4H12BN2.BrH/c1-6(2)5-7(3)4;/h1-4H3;1H. The predicted molar refractivity (Wildman–Crippen MR) is 43.5 cm³/mol. The lowest BCUT2D eigenvalue weighted by Crippen LogP contribution is -2.31. The van der Waals surface area contributed by atoms with Crippen LogP contribution in [0.1, 0.15) is 0 Å². The van der Waals surface area contributed by atoms with E-state index in [0.29, 0.717) is 0 Å². The third-order valence-electron chi connectivity index (χ3n) is 0.462. The molecule has 0 spiro atoms. The third kappa shape index (κ3) is 9.69. The Bertz CT molecular complexity index is 43.3. The van der Waals surface area contributed by atoms with Crippen molar-refractivity contribution in [3.8, 4) is 0 Å². The van der Waals surface area contributed by atoms with Crippen LogP contribution in [-0.4, -0.2) is 45.4 Å². The van der Waals surface area contributed by atoms with E-state index in [1.807, 2.05) is 45.4 Å². The first kappa shape index (κ1) is 11.3. The van der Waals surface area contributed by atoms with E-state index < -0.39 is 0 Å². The quantitative estimate of drug-likeness (QED) is 0.560. The fourth-order valence-electron chi connectivity index (χ4n) is 0.462. The van der Waals surface area contributed by atoms with Crippen LogP contribution in [0.2, 0.25) is 0 Å². The van der Waals surface area contributed by atoms with Crippen molar-refractivity contribution in [2.24, 2.45) is 0 Å². The topological polar surface area (TPSA) is 6.48 Å². The lowest BCUT2D eigenvalue weighted by molar-refractivity contribution is 0.549. The van der Waals surface area contributed by atoms with Crippen molar-refractivity contribution in [1.29, 1.82) is 0 Å². The maximum atomic E-state index is 2.00. The molecule has 2 nitrogen and oxygen atoms in total. The third-order valence-corrected chi connectivity index (χ3v) is 0.462. The van der Waals surface area contributed by atoms with Gasteiger partial charge in [0.15, 0.2) is 0 Å². The zero-order valence-electron chi connectivity index (χ0n) is 5.88. The van der Waals surface area contributed by atoms with Crippen molar-refractivity contribution in [2.45, 2.75) is 0 Å². The molecule has 4 heteroatoms. The minimum atomic E-state index is 0. The highest BCUT2D eigenvalue weighted by molar-refractivity contribution is 8.93. The minimum absolute atomic E-state index is 0. The van der Waals surface area contributed by atoms with Crippen LogP contribution in [0.25, 0.3) is 0 Å². The van der Waals surface area contributed by atoms with Gasteiger partial charge < -0.3 is 9.62 Å². The van der Waals surface area contributed by atoms with Crippen LogP contribution in [0.4, 0.5) is 0 Å². The first-order valence-electron chi connectivity index (χ1n) is 2.31. The van der Waals surface area contributed by atoms with Crippen molar-refractivity contribution in [1.82, 2.24) is 9.62 Å². The molecule has 0 aromatic rings. The van der Waals surface area contributed by atoms with E-state index in [1.54, 1.807) is 0 Å². The number of hydrogen-bond donors (Lipinski definition) is 0. The van der Waals surface area contributed by atoms with Gasteiger partial charge in [-0.05, 0) is 28.2 Å². The number of rotatable bonds is 2. The molecule has 0 atom stereocenters. The van der Waals surface area contributed by atoms with Gasteiger partial charge >= 0.3 is 7.55 Å². The first-order valence-corrected chi connectivity index (χ1v) is 2.31. The van der Waals surface area contributed by atoms with E-state index in [2.05, 4.69) is 0 Å². The molecule has 0 bridgehead atoms. The molecule has 0 heterocycles. The molecule has 0 aliphatic carbocycles. The summed E-state index contributed by atoms with van der Waals surface area (Å²) in [5.41, 5.74) is 0. The summed E-state index contributed by atoms with van der Waals surface area (Å²) in [7, 11) is 10.0. The van der Waals surface area contributed by atoms with Crippen molar-refractivity contribution in [3.05, 3.63) is 0 Å². The Labute approximate surface area is 62.9 Å². The van der Waals surface area contributed by atoms with Crippen LogP contribution in [0, 0.1) is 0 Å². The predicted octanol–water partition coefficient (Wildman–Crippen LogP) is 0.222. The summed E-state index contributed by atoms with van der Waals surface area (Å²) in [5, 5.41) is 0. The van der Waals surface area contributed by atoms with Crippen LogP contribution >= 0.6 is 17.0 Å². The molecule has 0 saturated carbocycles. The van der Waals surface area contributed by atoms with E-state index >= 15 is 0 Å². The molecule has 0 N–H and O–H groups in total. The second-order valence-corrected chi connectivity index (χ2v) is 2.04. The van der Waals surface area contributed by atoms with Gasteiger partial charge in [-0.3, -0.25) is 0 Å². The molecule has 0 fully saturated rings. The number of nitrogens with zero attached hydrogens (tertiary/aromatic N) is 2. The molecule has 0 aliphatic rings. The Hall–Kier alpha value is 0.465. The van der Waals surface area contributed by atoms with Crippen LogP contribution in [0.15, 0.2) is 0 Å². The van der Waals surface area contributed by atoms with E-state index in [0.717, 1.165) is 0 Å². The smallest absolute Gasteiger partial charge is 0.312 e. The Morgan fingerprint density at radius 2 is 1.12 bits per heavy atom. The molecule has 0 aromatic carbocycles. The van der Waals surface area contributed by atoms with Crippen LogP contribution in [0.5, 0.6) is 0 Å². The molecule has 0 aromatic heterocycles. The van der Waals surface area contributed by atoms with Crippen LogP contribution in [0.3, 0.4) is 0 Å². The fourth-order valence-corrected chi connectivity index (χ4v) is 0.462. The molecule has 8 heavy (non-hydrogen) atoms. The largest absolute Gasteiger partial charge is 0.337 e. The van der Waals surface area contributed by atoms with E-state index in [-0.39, 0.29) is 17.0 Å². The summed E-state index contributed by atoms with van der Waals surface area (Å²) in [4.78, 5) is 4.00. The Kier molecular flexibility index (Phi) is 7.90. The molecular formula is C4H13BBrN2. The SMILES string of the molecule is Br.CN(C)[B]N(C)C. The zero-order valence-corrected chi connectivity index (χ0v) is 7.59. The highest BCUT2D eigenvalue weighted by Gasteiger charge is 1.93. The van der Waals surface area contributed by atoms with Gasteiger partial charge in [0.1, 0.15) is 0 Å². The lowest BCUT2D eigenvalue weighted by Gasteiger charge is -2.12. The monoisotopic (exact) mass is 179 g/mol. The van der Waals surface area contributed by atoms with E-state index in [1.165, 1.54) is 0 Å². The molecule has 0 unspecified atom stereocenters. The maximum Gasteiger partial charge on any atom is 0.312 e. The fraction of sp³-hybridized carbons (Fsp3) is 1.00. The number of halogens is 1. The van der Waals surface area contributed by atoms with Gasteiger partial charge in [0.05, 0.1) is 0 Å². The van der Waals surface area contributed by atoms with Crippen LogP contribution in [-0.2, 0) is 0 Å². The van der Waals surface area contributed by atoms with Crippen molar-refractivity contribution in [2.75, 3.05) is 28.2 Å². The highest BCUT2D eigenvalue weighted by Crippen LogP contribution is 1.70. The van der Waals surface area contributed by atoms with Crippen molar-refractivity contribution in [3.63, 3.8) is 0 Å². The molecular weight excluding hydrogens is 167 g/mol. The van der Waals surface area contributed by atoms with Gasteiger partial charge in [-0.1, -0.05) is 0 Å². The lowest BCUT2D eigenvalue weighted by atomic mass is 10.1. The molecule has 0 saturated heterocycles. The summed E-state index contributed by atoms with van der Waals surface area (Å²) in [6, 6.07) is 0. The molecule has 0 aliphatic heterocycles. The number of hydrogen-bond acceptors (Lipinski definition) is 2. The zero-order chi connectivity index (χ0) is 5.86. The summed E-state index contributed by atoms with van der Waals surface area (Å²) in [6.45, 7) is 0. The van der Waals surface area contributed by atoms with Gasteiger partial charge in [0.2, 0.25) is 0 Å². The Morgan fingerprint density at radius 3 is 1.12 bits per heavy atom. The summed E-state index contributed by atoms with van der Waals surface area (Å²) in [6.07, 6.45) is 0. The molecule has 0 amide bonds. The molecule has 0 rings (SSSR count). The van der Waals surface area contributed by atoms with Gasteiger partial charge in [-0.25, -0.2) is 0 Å². The van der Waals surface area contributed by atoms with Gasteiger partial charge in [0, 0.05) is 0 Å². The summed E-state index contributed by atoms with van der Waals surface area (Å²) < 4.78 is 0. The summed E-state index contributed by atoms with van der Waals surface area (Å²) in [5.74, 6) is 0. The summed E-state index contributed by atoms with van der Waals surface area (Å²) >= 11 is 0. The van der Waals surface area contributed by atoms with Crippen molar-refractivity contribution < 1.29 is 0 Å². The van der Waals surface area contributed by atoms with Gasteiger partial charge in [-0.15, -0.1) is 17.0 Å². The highest BCUT2D eigenvalue weighted by atomic mass is 79.9. The Balaban J connectivity index is 0. The average molecular weight is 180 g/mol. The van der Waals surface area contributed by atoms with Gasteiger partial charge in [-0.2, -0.15) is 0 Å². The van der Waals surface area contributed by atoms with Crippen molar-refractivity contribution >= 4 is 24.5 Å². The van der Waals surface area contributed by atoms with Gasteiger partial charge in [0.25, 0.3) is 0 Å². The Morgan fingerprint density at radius 1 is 0.875 bits per heavy atom. The van der Waals surface area contributed by atoms with E-state index in [4.69, 9.17) is 0 Å². The minimum Gasteiger partial charge on any atom is -0.337 e. The van der Waals surface area contributed by atoms with Crippen LogP contribution < -0.4 is 0 Å². The molecule has 1 radical (unpaired) electrons. The second-order valence-electron chi connectivity index (χ2n) is 2.04. The first-order chi connectivity index (χ1) is 3.13. The normalized spacial score (nSPS) is 9.25. The molecule has 49 valence electrons. The van der Waals surface area contributed by atoms with E-state index in [9.17, 15) is 0 Å².